The summed E-state index contributed by atoms with van der Waals surface area (Å²) in [6.45, 7) is 7.30. The highest BCUT2D eigenvalue weighted by molar-refractivity contribution is 5.47. The predicted octanol–water partition coefficient (Wildman–Crippen LogP) is 0.385. The molecule has 2 rings (SSSR count). The van der Waals surface area contributed by atoms with Gasteiger partial charge in [-0.1, -0.05) is 5.21 Å². The summed E-state index contributed by atoms with van der Waals surface area (Å²) in [6, 6.07) is 0.291. The summed E-state index contributed by atoms with van der Waals surface area (Å²) < 4.78 is 3.75. The van der Waals surface area contributed by atoms with Gasteiger partial charge in [-0.3, -0.25) is 4.68 Å². The summed E-state index contributed by atoms with van der Waals surface area (Å²) in [5.74, 6) is 1.63. The molecule has 17 heavy (non-hydrogen) atoms. The lowest BCUT2D eigenvalue weighted by Gasteiger charge is -2.10. The smallest absolute Gasteiger partial charge is 0.186 e. The van der Waals surface area contributed by atoms with Gasteiger partial charge in [0.05, 0.1) is 12.7 Å². The first-order valence-corrected chi connectivity index (χ1v) is 5.65. The van der Waals surface area contributed by atoms with Crippen LogP contribution in [0, 0.1) is 6.92 Å². The van der Waals surface area contributed by atoms with Crippen LogP contribution in [-0.2, 0) is 6.54 Å². The highest BCUT2D eigenvalue weighted by Gasteiger charge is 2.16. The Hall–Kier alpha value is -1.76. The van der Waals surface area contributed by atoms with Crippen LogP contribution >= 0.6 is 0 Å². The van der Waals surface area contributed by atoms with Crippen LogP contribution in [0.3, 0.4) is 0 Å². The lowest BCUT2D eigenvalue weighted by atomic mass is 10.3. The molecule has 0 aliphatic rings. The largest absolute Gasteiger partial charge is 0.329 e. The SMILES string of the molecule is Cc1nnc(-c2cn(CCN)nn2)n1C(C)C. The average molecular weight is 235 g/mol. The van der Waals surface area contributed by atoms with Gasteiger partial charge < -0.3 is 10.3 Å². The molecule has 2 heterocycles. The maximum atomic E-state index is 5.47. The minimum atomic E-state index is 0.291. The van der Waals surface area contributed by atoms with Crippen molar-refractivity contribution in [2.75, 3.05) is 6.54 Å². The van der Waals surface area contributed by atoms with Crippen LogP contribution in [0.1, 0.15) is 25.7 Å². The van der Waals surface area contributed by atoms with E-state index in [1.807, 2.05) is 17.7 Å². The van der Waals surface area contributed by atoms with E-state index >= 15 is 0 Å². The molecular formula is C10H17N7. The third-order valence-corrected chi connectivity index (χ3v) is 2.51. The predicted molar refractivity (Wildman–Crippen MR) is 63.2 cm³/mol. The Bertz CT molecular complexity index is 496. The van der Waals surface area contributed by atoms with Gasteiger partial charge in [0.2, 0.25) is 0 Å². The van der Waals surface area contributed by atoms with Crippen LogP contribution in [0.2, 0.25) is 0 Å². The number of hydrogen-bond donors (Lipinski definition) is 1. The molecule has 0 saturated heterocycles. The van der Waals surface area contributed by atoms with Gasteiger partial charge in [0, 0.05) is 12.6 Å². The van der Waals surface area contributed by atoms with Crippen LogP contribution in [0.4, 0.5) is 0 Å². The van der Waals surface area contributed by atoms with E-state index in [1.165, 1.54) is 0 Å². The van der Waals surface area contributed by atoms with E-state index in [9.17, 15) is 0 Å². The third-order valence-electron chi connectivity index (χ3n) is 2.51. The van der Waals surface area contributed by atoms with Gasteiger partial charge in [0.1, 0.15) is 5.82 Å². The van der Waals surface area contributed by atoms with Crippen molar-refractivity contribution in [3.8, 4) is 11.5 Å². The fourth-order valence-corrected chi connectivity index (χ4v) is 1.80. The standard InChI is InChI=1S/C10H17N7/c1-7(2)17-8(3)12-14-10(17)9-6-16(5-4-11)15-13-9/h6-7H,4-5,11H2,1-3H3. The fourth-order valence-electron chi connectivity index (χ4n) is 1.80. The van der Waals surface area contributed by atoms with Crippen LogP contribution in [-0.4, -0.2) is 36.3 Å². The van der Waals surface area contributed by atoms with Crippen LogP contribution in [0.25, 0.3) is 11.5 Å². The molecule has 0 bridgehead atoms. The second-order valence-electron chi connectivity index (χ2n) is 4.19. The molecule has 0 atom stereocenters. The molecule has 7 nitrogen and oxygen atoms in total. The van der Waals surface area contributed by atoms with Crippen molar-refractivity contribution in [3.63, 3.8) is 0 Å². The topological polar surface area (TPSA) is 87.4 Å². The molecular weight excluding hydrogens is 218 g/mol. The van der Waals surface area contributed by atoms with Gasteiger partial charge in [-0.15, -0.1) is 15.3 Å². The Morgan fingerprint density at radius 1 is 1.29 bits per heavy atom. The Morgan fingerprint density at radius 3 is 2.71 bits per heavy atom. The van der Waals surface area contributed by atoms with Crippen molar-refractivity contribution in [3.05, 3.63) is 12.0 Å². The molecule has 0 aromatic carbocycles. The van der Waals surface area contributed by atoms with Gasteiger partial charge >= 0.3 is 0 Å². The van der Waals surface area contributed by atoms with Crippen molar-refractivity contribution in [2.24, 2.45) is 5.73 Å². The number of aromatic nitrogens is 6. The average Bonchev–Trinajstić information content (AvgIpc) is 2.84. The zero-order valence-electron chi connectivity index (χ0n) is 10.3. The lowest BCUT2D eigenvalue weighted by Crippen LogP contribution is -2.10. The number of nitrogens with two attached hydrogens (primary N) is 1. The normalized spacial score (nSPS) is 11.4. The van der Waals surface area contributed by atoms with E-state index in [4.69, 9.17) is 5.73 Å². The van der Waals surface area contributed by atoms with E-state index in [2.05, 4.69) is 34.4 Å². The molecule has 7 heteroatoms. The van der Waals surface area contributed by atoms with Crippen LogP contribution < -0.4 is 5.73 Å². The Kier molecular flexibility index (Phi) is 3.19. The molecule has 2 aromatic rings. The second-order valence-corrected chi connectivity index (χ2v) is 4.19. The summed E-state index contributed by atoms with van der Waals surface area (Å²) in [5.41, 5.74) is 6.20. The highest BCUT2D eigenvalue weighted by atomic mass is 15.4. The monoisotopic (exact) mass is 235 g/mol. The molecule has 92 valence electrons. The van der Waals surface area contributed by atoms with Crippen LogP contribution in [0.15, 0.2) is 6.20 Å². The van der Waals surface area contributed by atoms with E-state index in [1.54, 1.807) is 4.68 Å². The Balaban J connectivity index is 2.38. The van der Waals surface area contributed by atoms with Crippen molar-refractivity contribution in [1.29, 1.82) is 0 Å². The van der Waals surface area contributed by atoms with Gasteiger partial charge in [0.25, 0.3) is 0 Å². The number of nitrogens with zero attached hydrogens (tertiary/aromatic N) is 6. The quantitative estimate of drug-likeness (QED) is 0.828. The molecule has 0 amide bonds. The van der Waals surface area contributed by atoms with Gasteiger partial charge in [0.15, 0.2) is 11.5 Å². The van der Waals surface area contributed by atoms with Crippen molar-refractivity contribution in [2.45, 2.75) is 33.4 Å². The summed E-state index contributed by atoms with van der Waals surface area (Å²) in [6.07, 6.45) is 1.84. The molecule has 0 fully saturated rings. The molecule has 0 radical (unpaired) electrons. The van der Waals surface area contributed by atoms with Gasteiger partial charge in [-0.05, 0) is 20.8 Å². The maximum Gasteiger partial charge on any atom is 0.186 e. The van der Waals surface area contributed by atoms with Gasteiger partial charge in [-0.2, -0.15) is 0 Å². The van der Waals surface area contributed by atoms with E-state index < -0.39 is 0 Å². The first-order valence-electron chi connectivity index (χ1n) is 5.65. The molecule has 0 saturated carbocycles. The molecule has 0 aliphatic heterocycles. The molecule has 0 aliphatic carbocycles. The minimum Gasteiger partial charge on any atom is -0.329 e. The third kappa shape index (κ3) is 2.19. The van der Waals surface area contributed by atoms with Gasteiger partial charge in [-0.25, -0.2) is 0 Å². The minimum absolute atomic E-state index is 0.291. The van der Waals surface area contributed by atoms with E-state index in [0.29, 0.717) is 19.1 Å². The number of aryl methyl sites for hydroxylation is 1. The van der Waals surface area contributed by atoms with E-state index in [-0.39, 0.29) is 0 Å². The molecule has 0 unspecified atom stereocenters. The zero-order chi connectivity index (χ0) is 12.4. The summed E-state index contributed by atoms with van der Waals surface area (Å²) in [4.78, 5) is 0. The first-order chi connectivity index (χ1) is 8.13. The van der Waals surface area contributed by atoms with E-state index in [0.717, 1.165) is 17.3 Å². The maximum absolute atomic E-state index is 5.47. The van der Waals surface area contributed by atoms with Crippen molar-refractivity contribution < 1.29 is 0 Å². The summed E-state index contributed by atoms with van der Waals surface area (Å²) in [5, 5.41) is 16.3. The number of rotatable bonds is 4. The van der Waals surface area contributed by atoms with Crippen LogP contribution in [0.5, 0.6) is 0 Å². The second kappa shape index (κ2) is 4.62. The van der Waals surface area contributed by atoms with Crippen molar-refractivity contribution in [1.82, 2.24) is 29.8 Å². The zero-order valence-corrected chi connectivity index (χ0v) is 10.3. The molecule has 0 spiro atoms. The first kappa shape index (κ1) is 11.7. The Morgan fingerprint density at radius 2 is 2.06 bits per heavy atom. The fraction of sp³-hybridized carbons (Fsp3) is 0.600. The highest BCUT2D eigenvalue weighted by Crippen LogP contribution is 2.19. The molecule has 2 N–H and O–H groups in total. The Labute approximate surface area is 99.6 Å². The summed E-state index contributed by atoms with van der Waals surface area (Å²) >= 11 is 0. The molecule has 2 aromatic heterocycles. The summed E-state index contributed by atoms with van der Waals surface area (Å²) in [7, 11) is 0. The number of hydrogen-bond acceptors (Lipinski definition) is 5. The lowest BCUT2D eigenvalue weighted by molar-refractivity contribution is 0.586. The van der Waals surface area contributed by atoms with Crippen molar-refractivity contribution >= 4 is 0 Å².